The number of allylic oxidation sites excluding steroid dienone is 2. The molecule has 0 radical (unpaired) electrons. The van der Waals surface area contributed by atoms with E-state index in [1.807, 2.05) is 18.2 Å². The Labute approximate surface area is 237 Å². The number of hydrogen-bond acceptors (Lipinski definition) is 0. The van der Waals surface area contributed by atoms with E-state index in [2.05, 4.69) is 74.2 Å². The molecule has 0 bridgehead atoms. The SMILES string of the molecule is C/C=C/CCC1CCC(CCc2ccc(C#Cc3ccc4cc(CCCCCCC)ccc4c3F)cc2)CC1. The highest BCUT2D eigenvalue weighted by Crippen LogP contribution is 2.34. The average molecular weight is 523 g/mol. The van der Waals surface area contributed by atoms with Gasteiger partial charge in [0.05, 0.1) is 5.56 Å². The lowest BCUT2D eigenvalue weighted by molar-refractivity contribution is 0.254. The molecular formula is C38H47F. The zero-order valence-electron chi connectivity index (χ0n) is 24.3. The van der Waals surface area contributed by atoms with Crippen LogP contribution >= 0.6 is 0 Å². The third-order valence-corrected chi connectivity index (χ3v) is 8.67. The normalized spacial score (nSPS) is 17.4. The van der Waals surface area contributed by atoms with E-state index in [-0.39, 0.29) is 5.82 Å². The van der Waals surface area contributed by atoms with Crippen molar-refractivity contribution in [2.45, 2.75) is 104 Å². The summed E-state index contributed by atoms with van der Waals surface area (Å²) in [6.07, 6.45) is 22.5. The Hall–Kier alpha value is -2.85. The van der Waals surface area contributed by atoms with Gasteiger partial charge in [0, 0.05) is 10.9 Å². The van der Waals surface area contributed by atoms with Crippen molar-refractivity contribution < 1.29 is 4.39 Å². The van der Waals surface area contributed by atoms with Gasteiger partial charge >= 0.3 is 0 Å². The molecule has 4 rings (SSSR count). The Morgan fingerprint density at radius 1 is 0.769 bits per heavy atom. The van der Waals surface area contributed by atoms with Gasteiger partial charge in [0.15, 0.2) is 0 Å². The molecule has 206 valence electrons. The van der Waals surface area contributed by atoms with E-state index in [1.165, 1.54) is 88.2 Å². The smallest absolute Gasteiger partial charge is 0.146 e. The Bertz CT molecular complexity index is 1250. The molecule has 1 heteroatoms. The first-order valence-corrected chi connectivity index (χ1v) is 15.6. The van der Waals surface area contributed by atoms with E-state index in [0.29, 0.717) is 10.9 Å². The minimum Gasteiger partial charge on any atom is -0.205 e. The molecule has 0 saturated heterocycles. The second-order valence-corrected chi connectivity index (χ2v) is 11.7. The minimum atomic E-state index is -0.206. The largest absolute Gasteiger partial charge is 0.205 e. The summed E-state index contributed by atoms with van der Waals surface area (Å²) in [5, 5.41) is 1.63. The Kier molecular flexibility index (Phi) is 11.7. The molecule has 1 fully saturated rings. The Balaban J connectivity index is 1.27. The van der Waals surface area contributed by atoms with Crippen molar-refractivity contribution in [3.05, 3.63) is 94.8 Å². The molecule has 0 spiro atoms. The summed E-state index contributed by atoms with van der Waals surface area (Å²) in [6.45, 7) is 4.36. The topological polar surface area (TPSA) is 0 Å². The summed E-state index contributed by atoms with van der Waals surface area (Å²) in [5.41, 5.74) is 4.09. The van der Waals surface area contributed by atoms with E-state index < -0.39 is 0 Å². The van der Waals surface area contributed by atoms with Gasteiger partial charge in [-0.1, -0.05) is 119 Å². The molecule has 0 atom stereocenters. The number of aryl methyl sites for hydroxylation is 2. The van der Waals surface area contributed by atoms with Gasteiger partial charge in [-0.3, -0.25) is 0 Å². The first-order chi connectivity index (χ1) is 19.2. The van der Waals surface area contributed by atoms with Crippen LogP contribution < -0.4 is 0 Å². The molecule has 0 heterocycles. The molecule has 3 aromatic carbocycles. The van der Waals surface area contributed by atoms with E-state index in [0.717, 1.165) is 35.6 Å². The van der Waals surface area contributed by atoms with Crippen LogP contribution in [0.2, 0.25) is 0 Å². The monoisotopic (exact) mass is 522 g/mol. The molecule has 0 unspecified atom stereocenters. The van der Waals surface area contributed by atoms with Crippen molar-refractivity contribution in [1.82, 2.24) is 0 Å². The van der Waals surface area contributed by atoms with E-state index in [1.54, 1.807) is 0 Å². The first kappa shape index (κ1) is 29.1. The standard InChI is InChI=1S/C38H47F/c1-3-5-7-8-10-12-34-24-28-37-36(29-34)27-26-35(38(37)39)25-23-33-21-19-32(20-22-33)18-17-31-15-13-30(14-16-31)11-9-6-4-2/h4,6,19-22,24,26-31H,3,5,7-18H2,1-2H3/b6-4+. The lowest BCUT2D eigenvalue weighted by Crippen LogP contribution is -2.15. The second kappa shape index (κ2) is 15.7. The Morgan fingerprint density at radius 2 is 1.49 bits per heavy atom. The summed E-state index contributed by atoms with van der Waals surface area (Å²) in [6, 6.07) is 18.6. The number of fused-ring (bicyclic) bond motifs is 1. The van der Waals surface area contributed by atoms with Crippen molar-refractivity contribution in [2.75, 3.05) is 0 Å². The van der Waals surface area contributed by atoms with Gasteiger partial charge in [-0.2, -0.15) is 0 Å². The highest BCUT2D eigenvalue weighted by atomic mass is 19.1. The highest BCUT2D eigenvalue weighted by molar-refractivity contribution is 5.85. The average Bonchev–Trinajstić information content (AvgIpc) is 2.97. The Morgan fingerprint density at radius 3 is 2.23 bits per heavy atom. The molecule has 1 saturated carbocycles. The molecule has 1 aliphatic rings. The number of unbranched alkanes of at least 4 members (excludes halogenated alkanes) is 4. The molecule has 0 aliphatic heterocycles. The molecule has 3 aromatic rings. The van der Waals surface area contributed by atoms with Crippen LogP contribution in [0.15, 0.2) is 66.7 Å². The third kappa shape index (κ3) is 9.10. The molecule has 0 amide bonds. The van der Waals surface area contributed by atoms with Gasteiger partial charge in [-0.15, -0.1) is 0 Å². The maximum absolute atomic E-state index is 15.2. The van der Waals surface area contributed by atoms with Crippen LogP contribution in [0.3, 0.4) is 0 Å². The van der Waals surface area contributed by atoms with Crippen LogP contribution in [0.5, 0.6) is 0 Å². The summed E-state index contributed by atoms with van der Waals surface area (Å²) in [7, 11) is 0. The van der Waals surface area contributed by atoms with Gasteiger partial charge in [0.2, 0.25) is 0 Å². The lowest BCUT2D eigenvalue weighted by Gasteiger charge is -2.28. The van der Waals surface area contributed by atoms with Crippen molar-refractivity contribution in [3.8, 4) is 11.8 Å². The van der Waals surface area contributed by atoms with Crippen LogP contribution in [0, 0.1) is 29.5 Å². The fraction of sp³-hybridized carbons (Fsp3) is 0.474. The summed E-state index contributed by atoms with van der Waals surface area (Å²) in [4.78, 5) is 0. The number of benzene rings is 3. The van der Waals surface area contributed by atoms with Gasteiger partial charge in [0.1, 0.15) is 5.82 Å². The van der Waals surface area contributed by atoms with E-state index in [9.17, 15) is 0 Å². The van der Waals surface area contributed by atoms with Crippen LogP contribution in [-0.2, 0) is 12.8 Å². The molecule has 0 aromatic heterocycles. The molecular weight excluding hydrogens is 475 g/mol. The maximum Gasteiger partial charge on any atom is 0.146 e. The molecule has 0 nitrogen and oxygen atoms in total. The van der Waals surface area contributed by atoms with Crippen LogP contribution in [0.25, 0.3) is 10.8 Å². The fourth-order valence-electron chi connectivity index (χ4n) is 6.10. The molecule has 39 heavy (non-hydrogen) atoms. The van der Waals surface area contributed by atoms with Crippen molar-refractivity contribution in [1.29, 1.82) is 0 Å². The predicted octanol–water partition coefficient (Wildman–Crippen LogP) is 11.0. The van der Waals surface area contributed by atoms with Gasteiger partial charge in [-0.25, -0.2) is 4.39 Å². The van der Waals surface area contributed by atoms with E-state index >= 15 is 4.39 Å². The van der Waals surface area contributed by atoms with E-state index in [4.69, 9.17) is 0 Å². The maximum atomic E-state index is 15.2. The molecule has 0 N–H and O–H groups in total. The van der Waals surface area contributed by atoms with Crippen LogP contribution in [0.4, 0.5) is 4.39 Å². The summed E-state index contributed by atoms with van der Waals surface area (Å²) < 4.78 is 15.2. The first-order valence-electron chi connectivity index (χ1n) is 15.6. The molecule has 1 aliphatic carbocycles. The number of hydrogen-bond donors (Lipinski definition) is 0. The van der Waals surface area contributed by atoms with Gasteiger partial charge < -0.3 is 0 Å². The number of halogens is 1. The minimum absolute atomic E-state index is 0.206. The number of rotatable bonds is 12. The van der Waals surface area contributed by atoms with Crippen molar-refractivity contribution in [3.63, 3.8) is 0 Å². The predicted molar refractivity (Wildman–Crippen MR) is 167 cm³/mol. The van der Waals surface area contributed by atoms with Crippen molar-refractivity contribution >= 4 is 10.8 Å². The van der Waals surface area contributed by atoms with Crippen LogP contribution in [0.1, 0.15) is 113 Å². The third-order valence-electron chi connectivity index (χ3n) is 8.67. The van der Waals surface area contributed by atoms with Gasteiger partial charge in [-0.05, 0) is 92.0 Å². The van der Waals surface area contributed by atoms with Crippen LogP contribution in [-0.4, -0.2) is 0 Å². The van der Waals surface area contributed by atoms with Crippen molar-refractivity contribution in [2.24, 2.45) is 11.8 Å². The summed E-state index contributed by atoms with van der Waals surface area (Å²) >= 11 is 0. The fourth-order valence-corrected chi connectivity index (χ4v) is 6.10. The van der Waals surface area contributed by atoms with Gasteiger partial charge in [0.25, 0.3) is 0 Å². The zero-order chi connectivity index (χ0) is 27.3. The zero-order valence-corrected chi connectivity index (χ0v) is 24.3. The lowest BCUT2D eigenvalue weighted by atomic mass is 9.78. The quantitative estimate of drug-likeness (QED) is 0.126. The highest BCUT2D eigenvalue weighted by Gasteiger charge is 2.20. The summed E-state index contributed by atoms with van der Waals surface area (Å²) in [5.74, 6) is 7.88. The second-order valence-electron chi connectivity index (χ2n) is 11.7.